The number of nitriles is 1. The lowest BCUT2D eigenvalue weighted by atomic mass is 10.2. The number of carboxylic acids is 1. The molecule has 0 spiro atoms. The fraction of sp³-hybridized carbons (Fsp3) is 0.357. The van der Waals surface area contributed by atoms with Crippen molar-refractivity contribution in [1.82, 2.24) is 4.90 Å². The first-order valence-electron chi connectivity index (χ1n) is 6.33. The van der Waals surface area contributed by atoms with Gasteiger partial charge in [-0.25, -0.2) is 4.79 Å². The minimum absolute atomic E-state index is 0.151. The topological polar surface area (TPSA) is 90.6 Å². The molecular formula is C14H14N2O4S. The molecule has 1 atom stereocenters. The van der Waals surface area contributed by atoms with E-state index in [1.807, 2.05) is 13.0 Å². The standard InChI is InChI=1S/C14H14N2O4S/c1-9-6-12(21-11(9)2-3-13(17)18)14(19)16-4-5-20-10(7-15)8-16/h2-3,6,10H,4-5,8H2,1H3,(H,17,18)/b3-2+. The maximum absolute atomic E-state index is 12.4. The van der Waals surface area contributed by atoms with Crippen LogP contribution < -0.4 is 0 Å². The third-order valence-corrected chi connectivity index (χ3v) is 4.23. The molecular weight excluding hydrogens is 292 g/mol. The van der Waals surface area contributed by atoms with Crippen LogP contribution in [-0.4, -0.2) is 47.7 Å². The number of rotatable bonds is 3. The van der Waals surface area contributed by atoms with Crippen LogP contribution in [0.15, 0.2) is 12.1 Å². The van der Waals surface area contributed by atoms with E-state index in [2.05, 4.69) is 0 Å². The Balaban J connectivity index is 2.15. The van der Waals surface area contributed by atoms with Gasteiger partial charge in [0.05, 0.1) is 24.1 Å². The number of carbonyl (C=O) groups is 2. The average molecular weight is 306 g/mol. The fourth-order valence-corrected chi connectivity index (χ4v) is 3.03. The lowest BCUT2D eigenvalue weighted by Gasteiger charge is -2.29. The number of nitrogens with zero attached hydrogens (tertiary/aromatic N) is 2. The molecule has 2 heterocycles. The second-order valence-electron chi connectivity index (χ2n) is 4.57. The van der Waals surface area contributed by atoms with Crippen molar-refractivity contribution in [2.45, 2.75) is 13.0 Å². The molecule has 0 radical (unpaired) electrons. The monoisotopic (exact) mass is 306 g/mol. The summed E-state index contributed by atoms with van der Waals surface area (Å²) < 4.78 is 5.21. The molecule has 2 rings (SSSR count). The summed E-state index contributed by atoms with van der Waals surface area (Å²) in [5.41, 5.74) is 0.853. The Morgan fingerprint density at radius 2 is 2.38 bits per heavy atom. The molecule has 110 valence electrons. The zero-order valence-corrected chi connectivity index (χ0v) is 12.2. The number of amides is 1. The van der Waals surface area contributed by atoms with Crippen LogP contribution in [0, 0.1) is 18.3 Å². The molecule has 6 nitrogen and oxygen atoms in total. The van der Waals surface area contributed by atoms with E-state index in [-0.39, 0.29) is 12.5 Å². The molecule has 0 aromatic carbocycles. The summed E-state index contributed by atoms with van der Waals surface area (Å²) in [4.78, 5) is 25.8. The molecule has 1 amide bonds. The number of thiophene rings is 1. The van der Waals surface area contributed by atoms with E-state index in [0.29, 0.717) is 18.0 Å². The molecule has 21 heavy (non-hydrogen) atoms. The Kier molecular flexibility index (Phi) is 4.73. The van der Waals surface area contributed by atoms with Gasteiger partial charge < -0.3 is 14.7 Å². The molecule has 1 N–H and O–H groups in total. The zero-order valence-electron chi connectivity index (χ0n) is 11.4. The van der Waals surface area contributed by atoms with Crippen molar-refractivity contribution in [2.75, 3.05) is 19.7 Å². The van der Waals surface area contributed by atoms with E-state index in [0.717, 1.165) is 16.5 Å². The quantitative estimate of drug-likeness (QED) is 0.855. The van der Waals surface area contributed by atoms with Gasteiger partial charge >= 0.3 is 5.97 Å². The molecule has 1 aromatic rings. The highest BCUT2D eigenvalue weighted by molar-refractivity contribution is 7.15. The smallest absolute Gasteiger partial charge is 0.328 e. The Labute approximate surface area is 125 Å². The van der Waals surface area contributed by atoms with Crippen LogP contribution >= 0.6 is 11.3 Å². The highest BCUT2D eigenvalue weighted by Gasteiger charge is 2.26. The summed E-state index contributed by atoms with van der Waals surface area (Å²) in [5.74, 6) is -1.18. The molecule has 0 saturated carbocycles. The summed E-state index contributed by atoms with van der Waals surface area (Å²) >= 11 is 1.25. The predicted octanol–water partition coefficient (Wildman–Crippen LogP) is 1.52. The van der Waals surface area contributed by atoms with Crippen molar-refractivity contribution >= 4 is 29.3 Å². The van der Waals surface area contributed by atoms with Crippen molar-refractivity contribution < 1.29 is 19.4 Å². The number of aryl methyl sites for hydroxylation is 1. The number of aliphatic carboxylic acids is 1. The normalized spacial score (nSPS) is 18.7. The second-order valence-corrected chi connectivity index (χ2v) is 5.65. The maximum Gasteiger partial charge on any atom is 0.328 e. The Morgan fingerprint density at radius 1 is 1.62 bits per heavy atom. The summed E-state index contributed by atoms with van der Waals surface area (Å²) in [6.45, 7) is 2.88. The number of ether oxygens (including phenoxy) is 1. The van der Waals surface area contributed by atoms with E-state index in [1.54, 1.807) is 11.0 Å². The molecule has 0 bridgehead atoms. The van der Waals surface area contributed by atoms with Crippen LogP contribution in [0.5, 0.6) is 0 Å². The van der Waals surface area contributed by atoms with Gasteiger partial charge in [0.15, 0.2) is 6.10 Å². The number of hydrogen-bond acceptors (Lipinski definition) is 5. The molecule has 1 aliphatic rings. The third kappa shape index (κ3) is 3.68. The highest BCUT2D eigenvalue weighted by atomic mass is 32.1. The van der Waals surface area contributed by atoms with Crippen molar-refractivity contribution in [3.63, 3.8) is 0 Å². The van der Waals surface area contributed by atoms with Crippen molar-refractivity contribution in [3.8, 4) is 6.07 Å². The van der Waals surface area contributed by atoms with Crippen molar-refractivity contribution in [2.24, 2.45) is 0 Å². The van der Waals surface area contributed by atoms with Crippen LogP contribution in [-0.2, 0) is 9.53 Å². The molecule has 7 heteroatoms. The van der Waals surface area contributed by atoms with Crippen LogP contribution in [0.2, 0.25) is 0 Å². The lowest BCUT2D eigenvalue weighted by Crippen LogP contribution is -2.44. The minimum atomic E-state index is -1.03. The number of hydrogen-bond donors (Lipinski definition) is 1. The molecule has 1 aliphatic heterocycles. The van der Waals surface area contributed by atoms with E-state index in [1.165, 1.54) is 17.4 Å². The molecule has 1 aromatic heterocycles. The van der Waals surface area contributed by atoms with Gasteiger partial charge in [-0.05, 0) is 24.6 Å². The van der Waals surface area contributed by atoms with Crippen molar-refractivity contribution in [1.29, 1.82) is 5.26 Å². The summed E-state index contributed by atoms with van der Waals surface area (Å²) in [5, 5.41) is 17.5. The van der Waals surface area contributed by atoms with E-state index >= 15 is 0 Å². The molecule has 1 unspecified atom stereocenters. The largest absolute Gasteiger partial charge is 0.478 e. The Hall–Kier alpha value is -2.17. The summed E-state index contributed by atoms with van der Waals surface area (Å²) in [6, 6.07) is 3.74. The van der Waals surface area contributed by atoms with E-state index in [9.17, 15) is 9.59 Å². The van der Waals surface area contributed by atoms with Crippen LogP contribution in [0.4, 0.5) is 0 Å². The van der Waals surface area contributed by atoms with Gasteiger partial charge in [-0.3, -0.25) is 4.79 Å². The maximum atomic E-state index is 12.4. The number of carboxylic acid groups (broad SMARTS) is 1. The predicted molar refractivity (Wildman–Crippen MR) is 77.0 cm³/mol. The SMILES string of the molecule is Cc1cc(C(=O)N2CCOC(C#N)C2)sc1/C=C/C(=O)O. The van der Waals surface area contributed by atoms with Gasteiger partial charge in [0.1, 0.15) is 0 Å². The number of morpholine rings is 1. The average Bonchev–Trinajstić information content (AvgIpc) is 2.85. The molecule has 1 saturated heterocycles. The van der Waals surface area contributed by atoms with Gasteiger partial charge in [-0.15, -0.1) is 11.3 Å². The third-order valence-electron chi connectivity index (χ3n) is 3.04. The fourth-order valence-electron chi connectivity index (χ4n) is 1.98. The zero-order chi connectivity index (χ0) is 15.4. The molecule has 0 aliphatic carbocycles. The van der Waals surface area contributed by atoms with Gasteiger partial charge in [0.25, 0.3) is 5.91 Å². The summed E-state index contributed by atoms with van der Waals surface area (Å²) in [6.07, 6.45) is 1.94. The summed E-state index contributed by atoms with van der Waals surface area (Å²) in [7, 11) is 0. The molecule has 1 fully saturated rings. The van der Waals surface area contributed by atoms with Gasteiger partial charge in [0.2, 0.25) is 0 Å². The minimum Gasteiger partial charge on any atom is -0.478 e. The first-order chi connectivity index (χ1) is 10.0. The van der Waals surface area contributed by atoms with Crippen LogP contribution in [0.25, 0.3) is 6.08 Å². The van der Waals surface area contributed by atoms with Gasteiger partial charge in [-0.2, -0.15) is 5.26 Å². The Morgan fingerprint density at radius 3 is 3.05 bits per heavy atom. The lowest BCUT2D eigenvalue weighted by molar-refractivity contribution is -0.131. The first-order valence-corrected chi connectivity index (χ1v) is 7.15. The van der Waals surface area contributed by atoms with Gasteiger partial charge in [-0.1, -0.05) is 0 Å². The second kappa shape index (κ2) is 6.52. The number of carbonyl (C=O) groups excluding carboxylic acids is 1. The van der Waals surface area contributed by atoms with Gasteiger partial charge in [0, 0.05) is 17.5 Å². The first kappa shape index (κ1) is 15.2. The van der Waals surface area contributed by atoms with E-state index in [4.69, 9.17) is 15.1 Å². The Bertz CT molecular complexity index is 629. The highest BCUT2D eigenvalue weighted by Crippen LogP contribution is 2.25. The van der Waals surface area contributed by atoms with Crippen LogP contribution in [0.1, 0.15) is 20.1 Å². The van der Waals surface area contributed by atoms with Crippen molar-refractivity contribution in [3.05, 3.63) is 27.5 Å². The van der Waals surface area contributed by atoms with Crippen LogP contribution in [0.3, 0.4) is 0 Å². The van der Waals surface area contributed by atoms with E-state index < -0.39 is 12.1 Å².